The van der Waals surface area contributed by atoms with E-state index in [4.69, 9.17) is 16.3 Å². The van der Waals surface area contributed by atoms with Crippen LogP contribution >= 0.6 is 11.6 Å². The zero-order valence-corrected chi connectivity index (χ0v) is 17.9. The number of ether oxygens (including phenoxy) is 1. The van der Waals surface area contributed by atoms with Crippen molar-refractivity contribution in [3.63, 3.8) is 0 Å². The number of halogens is 1. The molecule has 1 fully saturated rings. The molecule has 1 aromatic carbocycles. The summed E-state index contributed by atoms with van der Waals surface area (Å²) in [6.07, 6.45) is 4.40. The lowest BCUT2D eigenvalue weighted by Crippen LogP contribution is -2.35. The van der Waals surface area contributed by atoms with Crippen LogP contribution in [-0.2, 0) is 19.6 Å². The van der Waals surface area contributed by atoms with Crippen molar-refractivity contribution in [3.8, 4) is 0 Å². The van der Waals surface area contributed by atoms with Gasteiger partial charge < -0.3 is 10.1 Å². The third kappa shape index (κ3) is 5.16. The van der Waals surface area contributed by atoms with Crippen LogP contribution in [0.1, 0.15) is 36.5 Å². The maximum absolute atomic E-state index is 12.9. The Hall–Kier alpha value is -2.49. The van der Waals surface area contributed by atoms with Crippen molar-refractivity contribution in [2.75, 3.05) is 18.4 Å². The molecular weight excluding hydrogens is 430 g/mol. The number of rotatable bonds is 6. The van der Waals surface area contributed by atoms with Gasteiger partial charge in [0.25, 0.3) is 5.91 Å². The number of piperidine rings is 1. The van der Waals surface area contributed by atoms with Gasteiger partial charge in [-0.2, -0.15) is 4.31 Å². The van der Waals surface area contributed by atoms with Crippen LogP contribution in [0.2, 0.25) is 5.02 Å². The number of hydrogen-bond acceptors (Lipinski definition) is 6. The zero-order chi connectivity index (χ0) is 21.7. The Morgan fingerprint density at radius 1 is 1.13 bits per heavy atom. The fraction of sp³-hybridized carbons (Fsp3) is 0.350. The molecule has 1 atom stereocenters. The van der Waals surface area contributed by atoms with E-state index in [-0.39, 0.29) is 21.2 Å². The lowest BCUT2D eigenvalue weighted by atomic mass is 10.2. The van der Waals surface area contributed by atoms with E-state index in [1.165, 1.54) is 54.0 Å². The van der Waals surface area contributed by atoms with Crippen LogP contribution in [0.25, 0.3) is 0 Å². The van der Waals surface area contributed by atoms with Crippen LogP contribution < -0.4 is 5.32 Å². The lowest BCUT2D eigenvalue weighted by Gasteiger charge is -2.26. The van der Waals surface area contributed by atoms with Crippen LogP contribution in [-0.4, -0.2) is 48.8 Å². The number of carbonyl (C=O) groups is 2. The molecule has 1 aliphatic heterocycles. The smallest absolute Gasteiger partial charge is 0.339 e. The summed E-state index contributed by atoms with van der Waals surface area (Å²) in [6, 6.07) is 7.09. The second-order valence-corrected chi connectivity index (χ2v) is 9.22. The Morgan fingerprint density at radius 2 is 1.80 bits per heavy atom. The summed E-state index contributed by atoms with van der Waals surface area (Å²) >= 11 is 6.14. The molecule has 0 bridgehead atoms. The molecule has 2 heterocycles. The number of esters is 1. The number of hydrogen-bond donors (Lipinski definition) is 1. The molecule has 10 heteroatoms. The number of pyridine rings is 1. The molecule has 1 saturated heterocycles. The Bertz CT molecular complexity index is 1020. The van der Waals surface area contributed by atoms with E-state index >= 15 is 0 Å². The van der Waals surface area contributed by atoms with E-state index in [0.717, 1.165) is 19.3 Å². The molecule has 160 valence electrons. The van der Waals surface area contributed by atoms with Crippen molar-refractivity contribution in [2.45, 2.75) is 37.2 Å². The van der Waals surface area contributed by atoms with Gasteiger partial charge in [0.15, 0.2) is 6.10 Å². The first-order valence-corrected chi connectivity index (χ1v) is 11.3. The van der Waals surface area contributed by atoms with Crippen molar-refractivity contribution in [2.24, 2.45) is 0 Å². The highest BCUT2D eigenvalue weighted by Crippen LogP contribution is 2.28. The van der Waals surface area contributed by atoms with Crippen LogP contribution in [0.15, 0.2) is 47.6 Å². The Morgan fingerprint density at radius 3 is 2.47 bits per heavy atom. The second-order valence-electron chi connectivity index (χ2n) is 6.88. The molecule has 0 unspecified atom stereocenters. The first kappa shape index (κ1) is 22.2. The number of anilines is 1. The number of sulfonamides is 1. The summed E-state index contributed by atoms with van der Waals surface area (Å²) in [5, 5.41) is 2.71. The third-order valence-electron chi connectivity index (χ3n) is 4.72. The molecule has 1 N–H and O–H groups in total. The molecule has 0 spiro atoms. The van der Waals surface area contributed by atoms with Crippen LogP contribution in [0, 0.1) is 0 Å². The fourth-order valence-electron chi connectivity index (χ4n) is 3.02. The van der Waals surface area contributed by atoms with E-state index in [1.54, 1.807) is 0 Å². The van der Waals surface area contributed by atoms with E-state index in [1.807, 2.05) is 0 Å². The molecule has 3 rings (SSSR count). The summed E-state index contributed by atoms with van der Waals surface area (Å²) in [5.74, 6) is -1.31. The monoisotopic (exact) mass is 451 g/mol. The van der Waals surface area contributed by atoms with E-state index in [2.05, 4.69) is 10.3 Å². The maximum Gasteiger partial charge on any atom is 0.339 e. The Balaban J connectivity index is 1.72. The van der Waals surface area contributed by atoms with Gasteiger partial charge in [0.1, 0.15) is 0 Å². The molecule has 1 aliphatic rings. The van der Waals surface area contributed by atoms with Crippen molar-refractivity contribution in [1.82, 2.24) is 9.29 Å². The molecular formula is C20H22ClN3O5S. The molecule has 0 saturated carbocycles. The van der Waals surface area contributed by atoms with Crippen molar-refractivity contribution < 1.29 is 22.7 Å². The van der Waals surface area contributed by atoms with Gasteiger partial charge >= 0.3 is 5.97 Å². The van der Waals surface area contributed by atoms with Gasteiger partial charge in [0.2, 0.25) is 10.0 Å². The average molecular weight is 452 g/mol. The van der Waals surface area contributed by atoms with E-state index in [0.29, 0.717) is 13.1 Å². The fourth-order valence-corrected chi connectivity index (χ4v) is 4.73. The number of aromatic nitrogens is 1. The predicted octanol–water partition coefficient (Wildman–Crippen LogP) is 3.09. The largest absolute Gasteiger partial charge is 0.449 e. The minimum Gasteiger partial charge on any atom is -0.449 e. The maximum atomic E-state index is 12.9. The molecule has 30 heavy (non-hydrogen) atoms. The molecule has 2 aromatic rings. The predicted molar refractivity (Wildman–Crippen MR) is 112 cm³/mol. The van der Waals surface area contributed by atoms with Crippen LogP contribution in [0.5, 0.6) is 0 Å². The van der Waals surface area contributed by atoms with Gasteiger partial charge in [-0.1, -0.05) is 18.0 Å². The summed E-state index contributed by atoms with van der Waals surface area (Å²) in [4.78, 5) is 28.4. The molecule has 0 radical (unpaired) electrons. The van der Waals surface area contributed by atoms with Gasteiger partial charge in [-0.3, -0.25) is 9.78 Å². The van der Waals surface area contributed by atoms with Crippen LogP contribution in [0.4, 0.5) is 5.69 Å². The number of nitrogens with one attached hydrogen (secondary N) is 1. The Kier molecular flexibility index (Phi) is 7.06. The highest BCUT2D eigenvalue weighted by atomic mass is 35.5. The first-order chi connectivity index (χ1) is 14.3. The van der Waals surface area contributed by atoms with Gasteiger partial charge in [-0.15, -0.1) is 0 Å². The minimum absolute atomic E-state index is 0.0468. The average Bonchev–Trinajstić information content (AvgIpc) is 2.76. The molecule has 1 aromatic heterocycles. The van der Waals surface area contributed by atoms with E-state index < -0.39 is 28.0 Å². The number of benzene rings is 1. The topological polar surface area (TPSA) is 106 Å². The number of amides is 1. The quantitative estimate of drug-likeness (QED) is 0.676. The standard InChI is InChI=1S/C20H22ClN3O5S/c1-14(29-20(26)15-7-9-22-10-8-15)19(25)23-18-13-16(5-6-17(18)21)30(27,28)24-11-3-2-4-12-24/h5-10,13-14H,2-4,11-12H2,1H3,(H,23,25)/t14-/m0/s1. The van der Waals surface area contributed by atoms with Crippen LogP contribution in [0.3, 0.4) is 0 Å². The summed E-state index contributed by atoms with van der Waals surface area (Å²) < 4.78 is 32.3. The normalized spacial score (nSPS) is 15.9. The first-order valence-electron chi connectivity index (χ1n) is 9.50. The molecule has 1 amide bonds. The lowest BCUT2D eigenvalue weighted by molar-refractivity contribution is -0.123. The molecule has 8 nitrogen and oxygen atoms in total. The molecule has 0 aliphatic carbocycles. The van der Waals surface area contributed by atoms with Gasteiger partial charge in [0, 0.05) is 25.5 Å². The minimum atomic E-state index is -3.68. The third-order valence-corrected chi connectivity index (χ3v) is 6.94. The summed E-state index contributed by atoms with van der Waals surface area (Å²) in [6.45, 7) is 2.35. The van der Waals surface area contributed by atoms with Crippen molar-refractivity contribution in [1.29, 1.82) is 0 Å². The van der Waals surface area contributed by atoms with Gasteiger partial charge in [-0.25, -0.2) is 13.2 Å². The zero-order valence-electron chi connectivity index (χ0n) is 16.4. The van der Waals surface area contributed by atoms with Crippen molar-refractivity contribution >= 4 is 39.2 Å². The van der Waals surface area contributed by atoms with Gasteiger partial charge in [0.05, 0.1) is 21.2 Å². The highest BCUT2D eigenvalue weighted by Gasteiger charge is 2.27. The SMILES string of the molecule is C[C@H](OC(=O)c1ccncc1)C(=O)Nc1cc(S(=O)(=O)N2CCCCC2)ccc1Cl. The Labute approximate surface area is 180 Å². The second kappa shape index (κ2) is 9.55. The van der Waals surface area contributed by atoms with Gasteiger partial charge in [-0.05, 0) is 50.1 Å². The number of carbonyl (C=O) groups excluding carboxylic acids is 2. The summed E-state index contributed by atoms with van der Waals surface area (Å²) in [5.41, 5.74) is 0.392. The number of nitrogens with zero attached hydrogens (tertiary/aromatic N) is 2. The summed E-state index contributed by atoms with van der Waals surface area (Å²) in [7, 11) is -3.68. The highest BCUT2D eigenvalue weighted by molar-refractivity contribution is 7.89. The van der Waals surface area contributed by atoms with Crippen molar-refractivity contribution in [3.05, 3.63) is 53.3 Å². The van der Waals surface area contributed by atoms with E-state index in [9.17, 15) is 18.0 Å².